The predicted molar refractivity (Wildman–Crippen MR) is 46.9 cm³/mol. The molecule has 0 aromatic heterocycles. The van der Waals surface area contributed by atoms with Crippen LogP contribution in [0.25, 0.3) is 0 Å². The van der Waals surface area contributed by atoms with Gasteiger partial charge in [-0.1, -0.05) is 13.8 Å². The zero-order valence-corrected chi connectivity index (χ0v) is 7.19. The SMILES string of the molecule is CC.Cc1cc(F)ccc1N. The van der Waals surface area contributed by atoms with Crippen LogP contribution in [0.15, 0.2) is 18.2 Å². The van der Waals surface area contributed by atoms with E-state index in [2.05, 4.69) is 0 Å². The van der Waals surface area contributed by atoms with E-state index >= 15 is 0 Å². The third-order valence-corrected chi connectivity index (χ3v) is 1.23. The molecule has 62 valence electrons. The van der Waals surface area contributed by atoms with Gasteiger partial charge >= 0.3 is 0 Å². The van der Waals surface area contributed by atoms with E-state index in [1.807, 2.05) is 13.8 Å². The second-order valence-electron chi connectivity index (χ2n) is 2.00. The first-order chi connectivity index (χ1) is 5.20. The number of benzene rings is 1. The van der Waals surface area contributed by atoms with Crippen molar-refractivity contribution in [2.24, 2.45) is 0 Å². The minimum absolute atomic E-state index is 0.235. The van der Waals surface area contributed by atoms with Crippen molar-refractivity contribution in [1.29, 1.82) is 0 Å². The third-order valence-electron chi connectivity index (χ3n) is 1.23. The molecule has 0 fully saturated rings. The Kier molecular flexibility index (Phi) is 4.27. The van der Waals surface area contributed by atoms with Gasteiger partial charge in [0.2, 0.25) is 0 Å². The molecule has 0 atom stereocenters. The maximum atomic E-state index is 12.3. The van der Waals surface area contributed by atoms with Crippen molar-refractivity contribution in [2.75, 3.05) is 5.73 Å². The topological polar surface area (TPSA) is 26.0 Å². The molecule has 1 aromatic carbocycles. The number of nitrogen functional groups attached to an aromatic ring is 1. The van der Waals surface area contributed by atoms with Gasteiger partial charge in [0.1, 0.15) is 5.82 Å². The summed E-state index contributed by atoms with van der Waals surface area (Å²) in [6, 6.07) is 4.32. The van der Waals surface area contributed by atoms with E-state index in [0.29, 0.717) is 5.69 Å². The molecule has 0 aliphatic heterocycles. The molecule has 2 heteroatoms. The Morgan fingerprint density at radius 1 is 1.27 bits per heavy atom. The van der Waals surface area contributed by atoms with Gasteiger partial charge < -0.3 is 5.73 Å². The van der Waals surface area contributed by atoms with Crippen molar-refractivity contribution in [2.45, 2.75) is 20.8 Å². The quantitative estimate of drug-likeness (QED) is 0.573. The summed E-state index contributed by atoms with van der Waals surface area (Å²) in [6.45, 7) is 5.78. The lowest BCUT2D eigenvalue weighted by molar-refractivity contribution is 0.627. The third kappa shape index (κ3) is 3.03. The Hall–Kier alpha value is -1.05. The molecule has 0 saturated heterocycles. The molecule has 11 heavy (non-hydrogen) atoms. The van der Waals surface area contributed by atoms with Crippen LogP contribution in [0.3, 0.4) is 0 Å². The van der Waals surface area contributed by atoms with Crippen LogP contribution in [0.1, 0.15) is 19.4 Å². The van der Waals surface area contributed by atoms with Crippen LogP contribution >= 0.6 is 0 Å². The number of halogens is 1. The zero-order chi connectivity index (χ0) is 8.85. The number of hydrogen-bond donors (Lipinski definition) is 1. The number of aryl methyl sites for hydroxylation is 1. The minimum atomic E-state index is -0.235. The summed E-state index contributed by atoms with van der Waals surface area (Å²) < 4.78 is 12.3. The van der Waals surface area contributed by atoms with E-state index in [1.165, 1.54) is 12.1 Å². The predicted octanol–water partition coefficient (Wildman–Crippen LogP) is 2.74. The molecule has 1 nitrogen and oxygen atoms in total. The molecule has 0 saturated carbocycles. The Balaban J connectivity index is 0.000000461. The molecule has 0 radical (unpaired) electrons. The smallest absolute Gasteiger partial charge is 0.123 e. The van der Waals surface area contributed by atoms with Gasteiger partial charge in [-0.05, 0) is 30.7 Å². The fourth-order valence-corrected chi connectivity index (χ4v) is 0.639. The fourth-order valence-electron chi connectivity index (χ4n) is 0.639. The number of rotatable bonds is 0. The van der Waals surface area contributed by atoms with Crippen LogP contribution in [0.4, 0.5) is 10.1 Å². The lowest BCUT2D eigenvalue weighted by Crippen LogP contribution is -1.88. The standard InChI is InChI=1S/C7H8FN.C2H6/c1-5-4-6(8)2-3-7(5)9;1-2/h2-4H,9H2,1H3;1-2H3. The molecule has 0 heterocycles. The number of nitrogens with two attached hydrogens (primary N) is 1. The van der Waals surface area contributed by atoms with Crippen molar-refractivity contribution in [3.8, 4) is 0 Å². The molecular weight excluding hydrogens is 141 g/mol. The van der Waals surface area contributed by atoms with Crippen LogP contribution in [0, 0.1) is 12.7 Å². The van der Waals surface area contributed by atoms with Gasteiger partial charge in [-0.15, -0.1) is 0 Å². The van der Waals surface area contributed by atoms with Crippen LogP contribution < -0.4 is 5.73 Å². The normalized spacial score (nSPS) is 8.36. The molecule has 0 aliphatic carbocycles. The highest BCUT2D eigenvalue weighted by Crippen LogP contribution is 2.10. The molecular formula is C9H14FN. The van der Waals surface area contributed by atoms with Crippen molar-refractivity contribution in [3.63, 3.8) is 0 Å². The molecule has 0 unspecified atom stereocenters. The summed E-state index contributed by atoms with van der Waals surface area (Å²) in [6.07, 6.45) is 0. The van der Waals surface area contributed by atoms with Gasteiger partial charge in [0, 0.05) is 5.69 Å². The summed E-state index contributed by atoms with van der Waals surface area (Å²) in [5.41, 5.74) is 6.84. The summed E-state index contributed by atoms with van der Waals surface area (Å²) in [7, 11) is 0. The monoisotopic (exact) mass is 155 g/mol. The second-order valence-corrected chi connectivity index (χ2v) is 2.00. The van der Waals surface area contributed by atoms with Crippen LogP contribution in [-0.4, -0.2) is 0 Å². The number of anilines is 1. The summed E-state index contributed by atoms with van der Waals surface area (Å²) in [4.78, 5) is 0. The molecule has 0 bridgehead atoms. The van der Waals surface area contributed by atoms with Crippen molar-refractivity contribution < 1.29 is 4.39 Å². The van der Waals surface area contributed by atoms with E-state index in [1.54, 1.807) is 13.0 Å². The van der Waals surface area contributed by atoms with Gasteiger partial charge in [-0.3, -0.25) is 0 Å². The Labute approximate surface area is 67.0 Å². The highest BCUT2D eigenvalue weighted by atomic mass is 19.1. The Morgan fingerprint density at radius 2 is 1.82 bits per heavy atom. The van der Waals surface area contributed by atoms with E-state index in [0.717, 1.165) is 5.56 Å². The molecule has 0 spiro atoms. The van der Waals surface area contributed by atoms with Gasteiger partial charge in [-0.25, -0.2) is 4.39 Å². The molecule has 0 amide bonds. The van der Waals surface area contributed by atoms with E-state index in [4.69, 9.17) is 5.73 Å². The van der Waals surface area contributed by atoms with E-state index in [9.17, 15) is 4.39 Å². The fraction of sp³-hybridized carbons (Fsp3) is 0.333. The van der Waals surface area contributed by atoms with Gasteiger partial charge in [-0.2, -0.15) is 0 Å². The minimum Gasteiger partial charge on any atom is -0.399 e. The first-order valence-corrected chi connectivity index (χ1v) is 3.72. The molecule has 2 N–H and O–H groups in total. The van der Waals surface area contributed by atoms with Gasteiger partial charge in [0.15, 0.2) is 0 Å². The lowest BCUT2D eigenvalue weighted by Gasteiger charge is -1.96. The Morgan fingerprint density at radius 3 is 2.18 bits per heavy atom. The molecule has 1 aromatic rings. The van der Waals surface area contributed by atoms with Gasteiger partial charge in [0.05, 0.1) is 0 Å². The highest BCUT2D eigenvalue weighted by Gasteiger charge is 1.92. The largest absolute Gasteiger partial charge is 0.399 e. The molecule has 0 aliphatic rings. The summed E-state index contributed by atoms with van der Waals surface area (Å²) in [5.74, 6) is -0.235. The Bertz CT molecular complexity index is 221. The van der Waals surface area contributed by atoms with Gasteiger partial charge in [0.25, 0.3) is 0 Å². The van der Waals surface area contributed by atoms with Crippen LogP contribution in [0.2, 0.25) is 0 Å². The van der Waals surface area contributed by atoms with E-state index in [-0.39, 0.29) is 5.82 Å². The first-order valence-electron chi connectivity index (χ1n) is 3.72. The maximum Gasteiger partial charge on any atom is 0.123 e. The number of hydrogen-bond acceptors (Lipinski definition) is 1. The second kappa shape index (κ2) is 4.72. The molecule has 1 rings (SSSR count). The maximum absolute atomic E-state index is 12.3. The van der Waals surface area contributed by atoms with Crippen molar-refractivity contribution in [3.05, 3.63) is 29.6 Å². The zero-order valence-electron chi connectivity index (χ0n) is 7.19. The van der Waals surface area contributed by atoms with Crippen molar-refractivity contribution >= 4 is 5.69 Å². The average molecular weight is 155 g/mol. The highest BCUT2D eigenvalue weighted by molar-refractivity contribution is 5.45. The lowest BCUT2D eigenvalue weighted by atomic mass is 10.2. The van der Waals surface area contributed by atoms with Crippen LogP contribution in [0.5, 0.6) is 0 Å². The van der Waals surface area contributed by atoms with Crippen molar-refractivity contribution in [1.82, 2.24) is 0 Å². The summed E-state index contributed by atoms with van der Waals surface area (Å²) in [5, 5.41) is 0. The first kappa shape index (κ1) is 9.95. The van der Waals surface area contributed by atoms with E-state index < -0.39 is 0 Å². The summed E-state index contributed by atoms with van der Waals surface area (Å²) >= 11 is 0. The van der Waals surface area contributed by atoms with Crippen LogP contribution in [-0.2, 0) is 0 Å². The average Bonchev–Trinajstić information content (AvgIpc) is 2.02.